The van der Waals surface area contributed by atoms with Crippen LogP contribution in [0.2, 0.25) is 0 Å². The summed E-state index contributed by atoms with van der Waals surface area (Å²) in [6.45, 7) is 2.05. The van der Waals surface area contributed by atoms with Gasteiger partial charge in [-0.1, -0.05) is 12.2 Å². The zero-order valence-corrected chi connectivity index (χ0v) is 6.75. The number of rotatable bonds is 0. The van der Waals surface area contributed by atoms with Gasteiger partial charge in [0, 0.05) is 12.0 Å². The van der Waals surface area contributed by atoms with E-state index in [1.807, 2.05) is 0 Å². The van der Waals surface area contributed by atoms with Crippen LogP contribution in [0.1, 0.15) is 19.3 Å². The highest BCUT2D eigenvalue weighted by atomic mass is 16.5. The van der Waals surface area contributed by atoms with Crippen molar-refractivity contribution in [3.8, 4) is 0 Å². The van der Waals surface area contributed by atoms with Gasteiger partial charge in [0.05, 0.1) is 6.61 Å². The summed E-state index contributed by atoms with van der Waals surface area (Å²) in [5.74, 6) is 1.77. The fraction of sp³-hybridized carbons (Fsp3) is 0.800. The van der Waals surface area contributed by atoms with Gasteiger partial charge < -0.3 is 4.74 Å². The van der Waals surface area contributed by atoms with Gasteiger partial charge in [0.2, 0.25) is 0 Å². The van der Waals surface area contributed by atoms with Crippen LogP contribution >= 0.6 is 0 Å². The molecule has 1 heterocycles. The van der Waals surface area contributed by atoms with E-state index in [2.05, 4.69) is 12.2 Å². The predicted octanol–water partition coefficient (Wildman–Crippen LogP) is 1.99. The van der Waals surface area contributed by atoms with Crippen molar-refractivity contribution in [3.05, 3.63) is 12.2 Å². The lowest BCUT2D eigenvalue weighted by Gasteiger charge is -2.28. The minimum absolute atomic E-state index is 0.597. The van der Waals surface area contributed by atoms with E-state index in [9.17, 15) is 0 Å². The van der Waals surface area contributed by atoms with Gasteiger partial charge in [0.25, 0.3) is 0 Å². The van der Waals surface area contributed by atoms with Gasteiger partial charge in [0.15, 0.2) is 0 Å². The predicted molar refractivity (Wildman–Crippen MR) is 43.2 cm³/mol. The second kappa shape index (κ2) is 1.89. The molecule has 0 amide bonds. The molecular weight excluding hydrogens is 136 g/mol. The topological polar surface area (TPSA) is 9.23 Å². The molecule has 2 aliphatic carbocycles. The minimum atomic E-state index is 0.597. The molecule has 3 atom stereocenters. The van der Waals surface area contributed by atoms with Crippen LogP contribution in [0, 0.1) is 17.3 Å². The van der Waals surface area contributed by atoms with Crippen LogP contribution < -0.4 is 0 Å². The van der Waals surface area contributed by atoms with Crippen molar-refractivity contribution >= 4 is 0 Å². The summed E-state index contributed by atoms with van der Waals surface area (Å²) in [6, 6.07) is 0. The van der Waals surface area contributed by atoms with Crippen LogP contribution in [-0.4, -0.2) is 13.2 Å². The first-order valence-electron chi connectivity index (χ1n) is 4.65. The molecule has 1 saturated carbocycles. The molecule has 1 nitrogen and oxygen atoms in total. The van der Waals surface area contributed by atoms with Gasteiger partial charge in [-0.3, -0.25) is 0 Å². The SMILES string of the molecule is C1=C[C@H]2C[C@@H]1C[C@]21CCOC1. The molecule has 3 aliphatic rings. The van der Waals surface area contributed by atoms with Gasteiger partial charge in [0.1, 0.15) is 0 Å². The Balaban J connectivity index is 1.94. The van der Waals surface area contributed by atoms with Crippen molar-refractivity contribution in [1.29, 1.82) is 0 Å². The van der Waals surface area contributed by atoms with E-state index in [1.165, 1.54) is 19.3 Å². The third-order valence-electron chi connectivity index (χ3n) is 3.76. The summed E-state index contributed by atoms with van der Waals surface area (Å²) >= 11 is 0. The lowest BCUT2D eigenvalue weighted by atomic mass is 9.75. The average molecular weight is 150 g/mol. The molecular formula is C10H14O. The molecule has 3 rings (SSSR count). The summed E-state index contributed by atoms with van der Waals surface area (Å²) in [4.78, 5) is 0. The van der Waals surface area contributed by atoms with Crippen LogP contribution in [0.15, 0.2) is 12.2 Å². The fourth-order valence-electron chi connectivity index (χ4n) is 3.13. The molecule has 1 aliphatic heterocycles. The summed E-state index contributed by atoms with van der Waals surface area (Å²) in [6.07, 6.45) is 8.99. The van der Waals surface area contributed by atoms with Crippen LogP contribution in [0.5, 0.6) is 0 Å². The summed E-state index contributed by atoms with van der Waals surface area (Å²) < 4.78 is 5.50. The molecule has 0 aromatic heterocycles. The molecule has 2 fully saturated rings. The summed E-state index contributed by atoms with van der Waals surface area (Å²) in [7, 11) is 0. The van der Waals surface area contributed by atoms with Crippen LogP contribution in [0.4, 0.5) is 0 Å². The Hall–Kier alpha value is -0.300. The van der Waals surface area contributed by atoms with E-state index in [4.69, 9.17) is 4.74 Å². The van der Waals surface area contributed by atoms with Crippen molar-refractivity contribution in [1.82, 2.24) is 0 Å². The van der Waals surface area contributed by atoms with Crippen molar-refractivity contribution < 1.29 is 4.74 Å². The lowest BCUT2D eigenvalue weighted by molar-refractivity contribution is 0.135. The third-order valence-corrected chi connectivity index (χ3v) is 3.76. The second-order valence-corrected chi connectivity index (χ2v) is 4.36. The molecule has 2 bridgehead atoms. The standard InChI is InChI=1S/C10H14O/c1-2-9-5-8(1)6-10(9)3-4-11-7-10/h1-2,8-9H,3-7H2/t8-,9+,10+/m1/s1. The fourth-order valence-corrected chi connectivity index (χ4v) is 3.13. The van der Waals surface area contributed by atoms with Gasteiger partial charge in [-0.25, -0.2) is 0 Å². The van der Waals surface area contributed by atoms with E-state index >= 15 is 0 Å². The molecule has 1 heteroatoms. The summed E-state index contributed by atoms with van der Waals surface area (Å²) in [5, 5.41) is 0. The molecule has 11 heavy (non-hydrogen) atoms. The maximum absolute atomic E-state index is 5.50. The first kappa shape index (κ1) is 6.24. The molecule has 1 saturated heterocycles. The zero-order valence-electron chi connectivity index (χ0n) is 6.75. The number of hydrogen-bond donors (Lipinski definition) is 0. The normalized spacial score (nSPS) is 53.1. The Bertz CT molecular complexity index is 201. The maximum atomic E-state index is 5.50. The van der Waals surface area contributed by atoms with E-state index in [0.717, 1.165) is 25.0 Å². The third kappa shape index (κ3) is 0.698. The molecule has 1 spiro atoms. The smallest absolute Gasteiger partial charge is 0.0529 e. The van der Waals surface area contributed by atoms with Gasteiger partial charge in [-0.05, 0) is 31.1 Å². The minimum Gasteiger partial charge on any atom is -0.381 e. The van der Waals surface area contributed by atoms with Gasteiger partial charge in [-0.2, -0.15) is 0 Å². The highest BCUT2D eigenvalue weighted by molar-refractivity contribution is 5.16. The van der Waals surface area contributed by atoms with Gasteiger partial charge in [-0.15, -0.1) is 0 Å². The van der Waals surface area contributed by atoms with Gasteiger partial charge >= 0.3 is 0 Å². The highest BCUT2D eigenvalue weighted by Crippen LogP contribution is 2.55. The Morgan fingerprint density at radius 3 is 2.91 bits per heavy atom. The second-order valence-electron chi connectivity index (χ2n) is 4.36. The Kier molecular flexibility index (Phi) is 1.07. The highest BCUT2D eigenvalue weighted by Gasteiger charge is 2.50. The number of fused-ring (bicyclic) bond motifs is 3. The monoisotopic (exact) mass is 150 g/mol. The van der Waals surface area contributed by atoms with Crippen LogP contribution in [-0.2, 0) is 4.74 Å². The largest absolute Gasteiger partial charge is 0.381 e. The lowest BCUT2D eigenvalue weighted by Crippen LogP contribution is -2.25. The maximum Gasteiger partial charge on any atom is 0.0529 e. The van der Waals surface area contributed by atoms with Crippen LogP contribution in [0.25, 0.3) is 0 Å². The quantitative estimate of drug-likeness (QED) is 0.480. The Morgan fingerprint density at radius 1 is 1.36 bits per heavy atom. The Labute approximate surface area is 67.4 Å². The first-order valence-corrected chi connectivity index (χ1v) is 4.65. The number of hydrogen-bond acceptors (Lipinski definition) is 1. The molecule has 0 aromatic carbocycles. The van der Waals surface area contributed by atoms with Crippen molar-refractivity contribution in [2.45, 2.75) is 19.3 Å². The number of ether oxygens (including phenoxy) is 1. The van der Waals surface area contributed by atoms with Crippen molar-refractivity contribution in [2.24, 2.45) is 17.3 Å². The van der Waals surface area contributed by atoms with Crippen molar-refractivity contribution in [2.75, 3.05) is 13.2 Å². The molecule has 0 unspecified atom stereocenters. The van der Waals surface area contributed by atoms with Crippen molar-refractivity contribution in [3.63, 3.8) is 0 Å². The van der Waals surface area contributed by atoms with E-state index in [1.54, 1.807) is 0 Å². The molecule has 0 aromatic rings. The van der Waals surface area contributed by atoms with E-state index in [-0.39, 0.29) is 0 Å². The average Bonchev–Trinajstić information content (AvgIpc) is 2.64. The number of allylic oxidation sites excluding steroid dienone is 2. The van der Waals surface area contributed by atoms with E-state index < -0.39 is 0 Å². The van der Waals surface area contributed by atoms with Crippen LogP contribution in [0.3, 0.4) is 0 Å². The zero-order chi connectivity index (χ0) is 7.31. The first-order chi connectivity index (χ1) is 5.39. The molecule has 60 valence electrons. The molecule has 0 radical (unpaired) electrons. The molecule has 0 N–H and O–H groups in total. The van der Waals surface area contributed by atoms with E-state index in [0.29, 0.717) is 5.41 Å². The Morgan fingerprint density at radius 2 is 2.36 bits per heavy atom. The summed E-state index contributed by atoms with van der Waals surface area (Å²) in [5.41, 5.74) is 0.597.